The Hall–Kier alpha value is -3.57. The number of aromatic nitrogens is 2. The number of piperidine rings is 1. The molecule has 3 aliphatic heterocycles. The zero-order valence-corrected chi connectivity index (χ0v) is 25.5. The number of alkyl halides is 3. The highest BCUT2D eigenvalue weighted by molar-refractivity contribution is 5.91. The van der Waals surface area contributed by atoms with Crippen LogP contribution in [0.3, 0.4) is 0 Å². The molecule has 1 atom stereocenters. The summed E-state index contributed by atoms with van der Waals surface area (Å²) in [4.78, 5) is 41.2. The van der Waals surface area contributed by atoms with Crippen molar-refractivity contribution < 1.29 is 32.2 Å². The number of likely N-dealkylation sites (tertiary alicyclic amines) is 1. The molecule has 43 heavy (non-hydrogen) atoms. The molecule has 0 aliphatic carbocycles. The van der Waals surface area contributed by atoms with Crippen molar-refractivity contribution >= 4 is 17.7 Å². The lowest BCUT2D eigenvalue weighted by molar-refractivity contribution is -0.143. The third kappa shape index (κ3) is 6.10. The normalized spacial score (nSPS) is 20.4. The van der Waals surface area contributed by atoms with E-state index in [2.05, 4.69) is 4.98 Å². The van der Waals surface area contributed by atoms with Crippen LogP contribution in [0.15, 0.2) is 24.5 Å². The molecule has 2 amide bonds. The molecule has 2 fully saturated rings. The molecule has 0 N–H and O–H groups in total. The Labute approximate surface area is 250 Å². The first-order valence-electron chi connectivity index (χ1n) is 14.9. The molecule has 3 aliphatic rings. The van der Waals surface area contributed by atoms with Gasteiger partial charge in [-0.1, -0.05) is 13.0 Å². The van der Waals surface area contributed by atoms with E-state index in [0.29, 0.717) is 45.3 Å². The van der Waals surface area contributed by atoms with E-state index in [9.17, 15) is 22.8 Å². The molecule has 9 nitrogen and oxygen atoms in total. The van der Waals surface area contributed by atoms with Crippen LogP contribution in [0.25, 0.3) is 0 Å². The molecule has 2 saturated heterocycles. The van der Waals surface area contributed by atoms with Crippen LogP contribution >= 0.6 is 0 Å². The van der Waals surface area contributed by atoms with Crippen molar-refractivity contribution in [3.8, 4) is 5.75 Å². The van der Waals surface area contributed by atoms with Crippen LogP contribution in [0.2, 0.25) is 0 Å². The zero-order chi connectivity index (χ0) is 31.2. The molecule has 1 spiro atoms. The van der Waals surface area contributed by atoms with E-state index < -0.39 is 28.8 Å². The lowest BCUT2D eigenvalue weighted by atomic mass is 9.68. The Balaban J connectivity index is 1.42. The Kier molecular flexibility index (Phi) is 8.26. The van der Waals surface area contributed by atoms with Gasteiger partial charge in [-0.2, -0.15) is 13.2 Å². The first-order chi connectivity index (χ1) is 20.2. The lowest BCUT2D eigenvalue weighted by Gasteiger charge is -2.49. The number of nitrogens with zero attached hydrogens (tertiary/aromatic N) is 5. The summed E-state index contributed by atoms with van der Waals surface area (Å²) < 4.78 is 53.9. The Morgan fingerprint density at radius 3 is 2.49 bits per heavy atom. The van der Waals surface area contributed by atoms with Crippen LogP contribution in [0.5, 0.6) is 5.75 Å². The molecule has 5 rings (SSSR count). The topological polar surface area (TPSA) is 88.1 Å². The van der Waals surface area contributed by atoms with Gasteiger partial charge in [-0.15, -0.1) is 0 Å². The first-order valence-corrected chi connectivity index (χ1v) is 14.9. The minimum Gasteiger partial charge on any atom is -0.491 e. The highest BCUT2D eigenvalue weighted by Gasteiger charge is 2.52. The number of halogens is 3. The van der Waals surface area contributed by atoms with Crippen LogP contribution in [-0.4, -0.2) is 76.2 Å². The maximum Gasteiger partial charge on any atom is 0.422 e. The standard InChI is InChI=1S/C31H40F3N5O4/c1-6-15-42-25-17-35-16-24(26(25)31(32,33)34)37-13-10-30(11-14-37)22-8-7-20(2)36-23(22)19-39(27(30)40)21-9-12-38(18-21)28(41)43-29(3,4)5/h7-8,16-17,21H,6,9-15,18-19H2,1-5H3. The van der Waals surface area contributed by atoms with E-state index in [1.165, 1.54) is 6.20 Å². The Bertz CT molecular complexity index is 1370. The molecule has 234 valence electrons. The summed E-state index contributed by atoms with van der Waals surface area (Å²) in [6, 6.07) is 3.63. The van der Waals surface area contributed by atoms with Crippen LogP contribution in [0.4, 0.5) is 23.7 Å². The van der Waals surface area contributed by atoms with Crippen molar-refractivity contribution in [1.29, 1.82) is 0 Å². The summed E-state index contributed by atoms with van der Waals surface area (Å²) in [5, 5.41) is 0. The zero-order valence-electron chi connectivity index (χ0n) is 25.5. The van der Waals surface area contributed by atoms with Crippen LogP contribution < -0.4 is 9.64 Å². The SMILES string of the molecule is CCCOc1cncc(N2CCC3(CC2)C(=O)N(C2CCN(C(=O)OC(C)(C)C)C2)Cc2nc(C)ccc23)c1C(F)(F)F. The number of hydrogen-bond donors (Lipinski definition) is 0. The van der Waals surface area contributed by atoms with Gasteiger partial charge in [0.25, 0.3) is 0 Å². The van der Waals surface area contributed by atoms with E-state index in [0.717, 1.165) is 23.1 Å². The molecule has 0 saturated carbocycles. The van der Waals surface area contributed by atoms with E-state index in [1.807, 2.05) is 51.7 Å². The number of ether oxygens (including phenoxy) is 2. The van der Waals surface area contributed by atoms with Gasteiger partial charge in [0.1, 0.15) is 11.2 Å². The number of amides is 2. The number of pyridine rings is 2. The third-order valence-electron chi connectivity index (χ3n) is 8.47. The predicted molar refractivity (Wildman–Crippen MR) is 154 cm³/mol. The summed E-state index contributed by atoms with van der Waals surface area (Å²) >= 11 is 0. The maximum absolute atomic E-state index is 14.4. The molecule has 2 aromatic heterocycles. The fraction of sp³-hybridized carbons (Fsp3) is 0.613. The molecule has 2 aromatic rings. The molecule has 5 heterocycles. The quantitative estimate of drug-likeness (QED) is 0.447. The largest absolute Gasteiger partial charge is 0.491 e. The van der Waals surface area contributed by atoms with Crippen molar-refractivity contribution in [2.24, 2.45) is 0 Å². The fourth-order valence-corrected chi connectivity index (χ4v) is 6.46. The summed E-state index contributed by atoms with van der Waals surface area (Å²) in [5.74, 6) is -0.344. The van der Waals surface area contributed by atoms with Crippen molar-refractivity contribution in [1.82, 2.24) is 19.8 Å². The second-order valence-electron chi connectivity index (χ2n) is 12.7. The summed E-state index contributed by atoms with van der Waals surface area (Å²) in [6.45, 7) is 10.9. The fourth-order valence-electron chi connectivity index (χ4n) is 6.46. The van der Waals surface area contributed by atoms with Crippen LogP contribution in [-0.2, 0) is 27.7 Å². The Morgan fingerprint density at radius 2 is 1.84 bits per heavy atom. The number of hydrogen-bond acceptors (Lipinski definition) is 7. The number of fused-ring (bicyclic) bond motifs is 2. The first kappa shape index (κ1) is 30.9. The summed E-state index contributed by atoms with van der Waals surface area (Å²) in [7, 11) is 0. The third-order valence-corrected chi connectivity index (χ3v) is 8.47. The average Bonchev–Trinajstić information content (AvgIpc) is 3.43. The van der Waals surface area contributed by atoms with Gasteiger partial charge < -0.3 is 24.2 Å². The summed E-state index contributed by atoms with van der Waals surface area (Å²) in [5.41, 5.74) is 0.0412. The number of anilines is 1. The molecule has 0 radical (unpaired) electrons. The van der Waals surface area contributed by atoms with Gasteiger partial charge in [0, 0.05) is 31.9 Å². The predicted octanol–water partition coefficient (Wildman–Crippen LogP) is 5.48. The lowest BCUT2D eigenvalue weighted by Crippen LogP contribution is -2.59. The van der Waals surface area contributed by atoms with E-state index in [4.69, 9.17) is 14.5 Å². The smallest absolute Gasteiger partial charge is 0.422 e. The molecular weight excluding hydrogens is 563 g/mol. The monoisotopic (exact) mass is 603 g/mol. The van der Waals surface area contributed by atoms with Crippen molar-refractivity contribution in [2.45, 2.75) is 90.1 Å². The number of rotatable bonds is 5. The molecule has 0 aromatic carbocycles. The molecule has 12 heteroatoms. The van der Waals surface area contributed by atoms with Crippen molar-refractivity contribution in [3.63, 3.8) is 0 Å². The van der Waals surface area contributed by atoms with Crippen LogP contribution in [0, 0.1) is 6.92 Å². The number of carbonyl (C=O) groups is 2. The maximum atomic E-state index is 14.4. The second kappa shape index (κ2) is 11.5. The van der Waals surface area contributed by atoms with Crippen LogP contribution in [0.1, 0.15) is 75.9 Å². The number of aryl methyl sites for hydroxylation is 1. The van der Waals surface area contributed by atoms with Gasteiger partial charge in [-0.25, -0.2) is 4.79 Å². The average molecular weight is 604 g/mol. The molecule has 0 bridgehead atoms. The van der Waals surface area contributed by atoms with Gasteiger partial charge in [0.15, 0.2) is 5.75 Å². The minimum absolute atomic E-state index is 0.0397. The van der Waals surface area contributed by atoms with E-state index >= 15 is 0 Å². The minimum atomic E-state index is -4.63. The summed E-state index contributed by atoms with van der Waals surface area (Å²) in [6.07, 6.45) is -0.879. The van der Waals surface area contributed by atoms with Gasteiger partial charge in [0.2, 0.25) is 5.91 Å². The van der Waals surface area contributed by atoms with Crippen molar-refractivity contribution in [2.75, 3.05) is 37.7 Å². The highest BCUT2D eigenvalue weighted by Crippen LogP contribution is 2.47. The van der Waals surface area contributed by atoms with Gasteiger partial charge in [-0.05, 0) is 65.0 Å². The number of carbonyl (C=O) groups excluding carboxylic acids is 2. The second-order valence-corrected chi connectivity index (χ2v) is 12.7. The van der Waals surface area contributed by atoms with Gasteiger partial charge in [0.05, 0.1) is 48.4 Å². The molecular formula is C31H40F3N5O4. The van der Waals surface area contributed by atoms with Gasteiger partial charge in [-0.3, -0.25) is 14.8 Å². The van der Waals surface area contributed by atoms with E-state index in [1.54, 1.807) is 9.80 Å². The highest BCUT2D eigenvalue weighted by atomic mass is 19.4. The molecule has 1 unspecified atom stereocenters. The van der Waals surface area contributed by atoms with E-state index in [-0.39, 0.29) is 43.1 Å². The van der Waals surface area contributed by atoms with Crippen molar-refractivity contribution in [3.05, 3.63) is 47.0 Å². The Morgan fingerprint density at radius 1 is 1.12 bits per heavy atom. The van der Waals surface area contributed by atoms with Gasteiger partial charge >= 0.3 is 12.3 Å².